The Balaban J connectivity index is 1.68. The van der Waals surface area contributed by atoms with Crippen molar-refractivity contribution < 1.29 is 5.11 Å². The van der Waals surface area contributed by atoms with E-state index in [1.165, 1.54) is 5.39 Å². The number of aromatic nitrogens is 2. The minimum absolute atomic E-state index is 0.270. The molecule has 3 aromatic carbocycles. The molecule has 2 aromatic heterocycles. The SMILES string of the molecule is Cn1ccc2ccc(-n3cc4ccc(-c5ccccc5)cc4c3O)cc21. The number of hydrogen-bond acceptors (Lipinski definition) is 1. The van der Waals surface area contributed by atoms with Crippen molar-refractivity contribution in [2.45, 2.75) is 0 Å². The van der Waals surface area contributed by atoms with Gasteiger partial charge in [0.25, 0.3) is 0 Å². The van der Waals surface area contributed by atoms with Crippen LogP contribution in [0.1, 0.15) is 0 Å². The molecule has 5 rings (SSSR count). The highest BCUT2D eigenvalue weighted by atomic mass is 16.3. The highest BCUT2D eigenvalue weighted by molar-refractivity contribution is 5.93. The fourth-order valence-corrected chi connectivity index (χ4v) is 3.60. The third-order valence-electron chi connectivity index (χ3n) is 5.05. The van der Waals surface area contributed by atoms with Gasteiger partial charge in [-0.3, -0.25) is 4.57 Å². The predicted octanol–water partition coefficient (Wildman–Crippen LogP) is 5.49. The Morgan fingerprint density at radius 1 is 0.769 bits per heavy atom. The molecule has 3 heteroatoms. The predicted molar refractivity (Wildman–Crippen MR) is 107 cm³/mol. The number of hydrogen-bond donors (Lipinski definition) is 1. The average molecular weight is 338 g/mol. The van der Waals surface area contributed by atoms with Gasteiger partial charge in [0.05, 0.1) is 5.69 Å². The largest absolute Gasteiger partial charge is 0.494 e. The van der Waals surface area contributed by atoms with E-state index in [1.807, 2.05) is 48.3 Å². The van der Waals surface area contributed by atoms with Crippen molar-refractivity contribution in [3.8, 4) is 22.7 Å². The molecule has 26 heavy (non-hydrogen) atoms. The zero-order chi connectivity index (χ0) is 17.7. The standard InChI is InChI=1S/C23H18N2O/c1-24-12-11-17-9-10-20(14-22(17)24)25-15-19-8-7-18(13-21(19)23(25)26)16-5-3-2-4-6-16/h2-15,26H,1H3. The maximum atomic E-state index is 10.9. The van der Waals surface area contributed by atoms with Crippen LogP contribution < -0.4 is 0 Å². The molecule has 2 heterocycles. The molecule has 0 aliphatic rings. The number of rotatable bonds is 2. The lowest BCUT2D eigenvalue weighted by molar-refractivity contribution is 0.448. The zero-order valence-electron chi connectivity index (χ0n) is 14.4. The first-order valence-electron chi connectivity index (χ1n) is 8.66. The third-order valence-corrected chi connectivity index (χ3v) is 5.05. The summed E-state index contributed by atoms with van der Waals surface area (Å²) in [5.74, 6) is 0.270. The second-order valence-electron chi connectivity index (χ2n) is 6.66. The molecule has 126 valence electrons. The maximum absolute atomic E-state index is 10.9. The Labute approximate surface area is 151 Å². The lowest BCUT2D eigenvalue weighted by atomic mass is 10.0. The maximum Gasteiger partial charge on any atom is 0.203 e. The molecule has 0 bridgehead atoms. The minimum Gasteiger partial charge on any atom is -0.494 e. The van der Waals surface area contributed by atoms with Crippen LogP contribution in [0.15, 0.2) is 85.2 Å². The summed E-state index contributed by atoms with van der Waals surface area (Å²) in [6.45, 7) is 0. The van der Waals surface area contributed by atoms with Gasteiger partial charge in [-0.15, -0.1) is 0 Å². The molecule has 0 aliphatic carbocycles. The quantitative estimate of drug-likeness (QED) is 0.453. The summed E-state index contributed by atoms with van der Waals surface area (Å²) in [5, 5.41) is 13.9. The van der Waals surface area contributed by atoms with Gasteiger partial charge in [0.2, 0.25) is 5.88 Å². The van der Waals surface area contributed by atoms with E-state index in [2.05, 4.69) is 53.1 Å². The van der Waals surface area contributed by atoms with Gasteiger partial charge in [0, 0.05) is 35.7 Å². The molecule has 0 amide bonds. The second-order valence-corrected chi connectivity index (χ2v) is 6.66. The first kappa shape index (κ1) is 14.8. The van der Waals surface area contributed by atoms with Gasteiger partial charge in [-0.1, -0.05) is 48.5 Å². The number of benzene rings is 3. The molecule has 0 aliphatic heterocycles. The zero-order valence-corrected chi connectivity index (χ0v) is 14.4. The molecule has 0 radical (unpaired) electrons. The lowest BCUT2D eigenvalue weighted by Gasteiger charge is -2.06. The second kappa shape index (κ2) is 5.53. The van der Waals surface area contributed by atoms with Crippen LogP contribution >= 0.6 is 0 Å². The van der Waals surface area contributed by atoms with Crippen LogP contribution in [0.3, 0.4) is 0 Å². The van der Waals surface area contributed by atoms with Crippen molar-refractivity contribution in [1.29, 1.82) is 0 Å². The Hall–Kier alpha value is -3.46. The van der Waals surface area contributed by atoms with Gasteiger partial charge in [-0.2, -0.15) is 0 Å². The molecular weight excluding hydrogens is 320 g/mol. The number of aryl methyl sites for hydroxylation is 1. The van der Waals surface area contributed by atoms with Crippen molar-refractivity contribution in [2.75, 3.05) is 0 Å². The van der Waals surface area contributed by atoms with E-state index in [-0.39, 0.29) is 5.88 Å². The molecule has 0 saturated carbocycles. The van der Waals surface area contributed by atoms with E-state index in [0.29, 0.717) is 0 Å². The molecule has 5 aromatic rings. The molecular formula is C23H18N2O. The summed E-state index contributed by atoms with van der Waals surface area (Å²) in [6, 6.07) is 24.8. The van der Waals surface area contributed by atoms with Crippen LogP contribution in [0.25, 0.3) is 38.5 Å². The fraction of sp³-hybridized carbons (Fsp3) is 0.0435. The number of nitrogens with zero attached hydrogens (tertiary/aromatic N) is 2. The van der Waals surface area contributed by atoms with Crippen LogP contribution in [-0.2, 0) is 7.05 Å². The van der Waals surface area contributed by atoms with Gasteiger partial charge < -0.3 is 9.67 Å². The summed E-state index contributed by atoms with van der Waals surface area (Å²) >= 11 is 0. The van der Waals surface area contributed by atoms with Crippen LogP contribution in [0.4, 0.5) is 0 Å². The van der Waals surface area contributed by atoms with Crippen LogP contribution in [0.5, 0.6) is 5.88 Å². The van der Waals surface area contributed by atoms with E-state index in [0.717, 1.165) is 33.1 Å². The van der Waals surface area contributed by atoms with Gasteiger partial charge in [-0.25, -0.2) is 0 Å². The van der Waals surface area contributed by atoms with Crippen molar-refractivity contribution in [3.05, 3.63) is 85.2 Å². The normalized spacial score (nSPS) is 11.4. The molecule has 0 unspecified atom stereocenters. The number of aromatic hydroxyl groups is 1. The number of fused-ring (bicyclic) bond motifs is 2. The smallest absolute Gasteiger partial charge is 0.203 e. The van der Waals surface area contributed by atoms with E-state index in [4.69, 9.17) is 0 Å². The Kier molecular flexibility index (Phi) is 3.16. The summed E-state index contributed by atoms with van der Waals surface area (Å²) in [4.78, 5) is 0. The van der Waals surface area contributed by atoms with Crippen LogP contribution in [0.2, 0.25) is 0 Å². The molecule has 3 nitrogen and oxygen atoms in total. The lowest BCUT2D eigenvalue weighted by Crippen LogP contribution is -1.92. The third kappa shape index (κ3) is 2.21. The van der Waals surface area contributed by atoms with E-state index in [1.54, 1.807) is 0 Å². The van der Waals surface area contributed by atoms with E-state index >= 15 is 0 Å². The van der Waals surface area contributed by atoms with Gasteiger partial charge in [-0.05, 0) is 40.8 Å². The van der Waals surface area contributed by atoms with Gasteiger partial charge >= 0.3 is 0 Å². The summed E-state index contributed by atoms with van der Waals surface area (Å²) < 4.78 is 3.94. The van der Waals surface area contributed by atoms with Crippen molar-refractivity contribution >= 4 is 21.7 Å². The topological polar surface area (TPSA) is 30.1 Å². The van der Waals surface area contributed by atoms with Gasteiger partial charge in [0.15, 0.2) is 0 Å². The van der Waals surface area contributed by atoms with E-state index < -0.39 is 0 Å². The fourth-order valence-electron chi connectivity index (χ4n) is 3.60. The Bertz CT molecular complexity index is 1250. The molecule has 0 spiro atoms. The molecule has 1 N–H and O–H groups in total. The van der Waals surface area contributed by atoms with Crippen LogP contribution in [-0.4, -0.2) is 14.2 Å². The summed E-state index contributed by atoms with van der Waals surface area (Å²) in [7, 11) is 2.03. The van der Waals surface area contributed by atoms with Crippen molar-refractivity contribution in [2.24, 2.45) is 7.05 Å². The van der Waals surface area contributed by atoms with Crippen molar-refractivity contribution in [3.63, 3.8) is 0 Å². The molecule has 0 saturated heterocycles. The first-order chi connectivity index (χ1) is 12.7. The summed E-state index contributed by atoms with van der Waals surface area (Å²) in [5.41, 5.74) is 4.34. The highest BCUT2D eigenvalue weighted by Gasteiger charge is 2.12. The van der Waals surface area contributed by atoms with Crippen molar-refractivity contribution in [1.82, 2.24) is 9.13 Å². The molecule has 0 fully saturated rings. The first-order valence-corrected chi connectivity index (χ1v) is 8.66. The molecule has 0 atom stereocenters. The van der Waals surface area contributed by atoms with Gasteiger partial charge in [0.1, 0.15) is 0 Å². The minimum atomic E-state index is 0.270. The Morgan fingerprint density at radius 2 is 1.58 bits per heavy atom. The highest BCUT2D eigenvalue weighted by Crippen LogP contribution is 2.34. The van der Waals surface area contributed by atoms with Crippen LogP contribution in [0, 0.1) is 0 Å². The monoisotopic (exact) mass is 338 g/mol. The summed E-state index contributed by atoms with van der Waals surface area (Å²) in [6.07, 6.45) is 4.04. The van der Waals surface area contributed by atoms with E-state index in [9.17, 15) is 5.11 Å². The average Bonchev–Trinajstić information content (AvgIpc) is 3.22. The Morgan fingerprint density at radius 3 is 2.42 bits per heavy atom.